The number of pyridine rings is 1. The first-order chi connectivity index (χ1) is 17.1. The number of aromatic nitrogens is 4. The highest BCUT2D eigenvalue weighted by molar-refractivity contribution is 7.98. The predicted octanol–water partition coefficient (Wildman–Crippen LogP) is 6.19. The maximum Gasteiger partial charge on any atom is 0.274 e. The van der Waals surface area contributed by atoms with E-state index in [0.717, 1.165) is 36.4 Å². The van der Waals surface area contributed by atoms with E-state index >= 15 is 0 Å². The first kappa shape index (κ1) is 24.0. The van der Waals surface area contributed by atoms with Crippen molar-refractivity contribution < 1.29 is 9.47 Å². The van der Waals surface area contributed by atoms with Crippen LogP contribution >= 0.6 is 35.3 Å². The minimum Gasteiger partial charge on any atom is -0.497 e. The van der Waals surface area contributed by atoms with Gasteiger partial charge < -0.3 is 9.47 Å². The van der Waals surface area contributed by atoms with Crippen LogP contribution < -0.4 is 15.0 Å². The van der Waals surface area contributed by atoms with Gasteiger partial charge in [-0.1, -0.05) is 42.4 Å². The van der Waals surface area contributed by atoms with Crippen molar-refractivity contribution in [3.8, 4) is 17.2 Å². The number of thiazole rings is 1. The number of hydrogen-bond acceptors (Lipinski definition) is 8. The van der Waals surface area contributed by atoms with Gasteiger partial charge in [0, 0.05) is 30.3 Å². The van der Waals surface area contributed by atoms with Gasteiger partial charge in [-0.3, -0.25) is 18.9 Å². The lowest BCUT2D eigenvalue weighted by atomic mass is 9.95. The largest absolute Gasteiger partial charge is 0.497 e. The van der Waals surface area contributed by atoms with Gasteiger partial charge in [0.05, 0.1) is 19.9 Å². The van der Waals surface area contributed by atoms with Gasteiger partial charge in [-0.05, 0) is 54.9 Å². The fraction of sp³-hybridized carbons (Fsp3) is 0.360. The molecule has 182 valence electrons. The lowest BCUT2D eigenvalue weighted by Gasteiger charge is -2.26. The highest BCUT2D eigenvalue weighted by atomic mass is 32.2. The molecule has 0 bridgehead atoms. The van der Waals surface area contributed by atoms with Gasteiger partial charge in [0.1, 0.15) is 16.2 Å². The van der Waals surface area contributed by atoms with Crippen LogP contribution in [0.5, 0.6) is 11.5 Å². The standard InChI is InChI=1S/C25H26N4O3S3/c1-31-18-8-9-20(32-2)19(14-18)29-22-21(35-25(29)33)23(30)28(17-6-4-3-5-7-17)24(27-22)34-15-16-10-12-26-13-11-16/h8-14,17H,3-7,15H2,1-2H3. The minimum atomic E-state index is -0.0177. The molecule has 0 amide bonds. The molecule has 0 N–H and O–H groups in total. The van der Waals surface area contributed by atoms with Crippen molar-refractivity contribution in [2.24, 2.45) is 0 Å². The third-order valence-electron chi connectivity index (χ3n) is 6.29. The Morgan fingerprint density at radius 3 is 2.60 bits per heavy atom. The molecule has 1 fully saturated rings. The zero-order valence-electron chi connectivity index (χ0n) is 19.6. The molecular weight excluding hydrogens is 501 g/mol. The number of rotatable bonds is 7. The van der Waals surface area contributed by atoms with Crippen molar-refractivity contribution in [3.63, 3.8) is 0 Å². The Balaban J connectivity index is 1.70. The summed E-state index contributed by atoms with van der Waals surface area (Å²) >= 11 is 8.63. The summed E-state index contributed by atoms with van der Waals surface area (Å²) in [6, 6.07) is 9.66. The van der Waals surface area contributed by atoms with E-state index in [1.54, 1.807) is 38.4 Å². The van der Waals surface area contributed by atoms with Crippen molar-refractivity contribution in [2.75, 3.05) is 14.2 Å². The number of benzene rings is 1. The van der Waals surface area contributed by atoms with Gasteiger partial charge in [0.15, 0.2) is 14.8 Å². The summed E-state index contributed by atoms with van der Waals surface area (Å²) in [6.07, 6.45) is 9.02. The molecule has 1 aromatic carbocycles. The van der Waals surface area contributed by atoms with E-state index in [0.29, 0.717) is 37.2 Å². The minimum absolute atomic E-state index is 0.0177. The average Bonchev–Trinajstić information content (AvgIpc) is 3.24. The summed E-state index contributed by atoms with van der Waals surface area (Å²) in [5.41, 5.74) is 2.37. The van der Waals surface area contributed by atoms with Crippen LogP contribution in [0.2, 0.25) is 0 Å². The SMILES string of the molecule is COc1ccc(OC)c(-n2c(=S)sc3c(=O)n(C4CCCCC4)c(SCc4ccncc4)nc32)c1. The van der Waals surface area contributed by atoms with Crippen molar-refractivity contribution in [1.29, 1.82) is 0 Å². The van der Waals surface area contributed by atoms with E-state index in [2.05, 4.69) is 4.98 Å². The molecule has 3 heterocycles. The molecule has 35 heavy (non-hydrogen) atoms. The second-order valence-electron chi connectivity index (χ2n) is 8.40. The van der Waals surface area contributed by atoms with Crippen molar-refractivity contribution in [1.82, 2.24) is 19.1 Å². The van der Waals surface area contributed by atoms with Crippen LogP contribution in [-0.4, -0.2) is 33.3 Å². The summed E-state index contributed by atoms with van der Waals surface area (Å²) in [5, 5.41) is 0.717. The van der Waals surface area contributed by atoms with Gasteiger partial charge in [0.2, 0.25) is 0 Å². The van der Waals surface area contributed by atoms with E-state index in [9.17, 15) is 4.79 Å². The summed E-state index contributed by atoms with van der Waals surface area (Å²) < 4.78 is 15.9. The predicted molar refractivity (Wildman–Crippen MR) is 143 cm³/mol. The second kappa shape index (κ2) is 10.5. The molecule has 0 radical (unpaired) electrons. The topological polar surface area (TPSA) is 71.2 Å². The molecule has 1 aliphatic carbocycles. The third-order valence-corrected chi connectivity index (χ3v) is 8.67. The van der Waals surface area contributed by atoms with Crippen LogP contribution in [-0.2, 0) is 5.75 Å². The van der Waals surface area contributed by atoms with Gasteiger partial charge in [-0.2, -0.15) is 0 Å². The van der Waals surface area contributed by atoms with Crippen molar-refractivity contribution in [2.45, 2.75) is 49.1 Å². The van der Waals surface area contributed by atoms with E-state index in [4.69, 9.17) is 26.7 Å². The molecule has 7 nitrogen and oxygen atoms in total. The molecule has 1 saturated carbocycles. The van der Waals surface area contributed by atoms with E-state index in [-0.39, 0.29) is 11.6 Å². The summed E-state index contributed by atoms with van der Waals surface area (Å²) in [6.45, 7) is 0. The number of methoxy groups -OCH3 is 2. The second-order valence-corrected chi connectivity index (χ2v) is 11.0. The molecule has 0 saturated heterocycles. The van der Waals surface area contributed by atoms with Crippen molar-refractivity contribution in [3.05, 3.63) is 62.6 Å². The number of nitrogens with zero attached hydrogens (tertiary/aromatic N) is 4. The number of ether oxygens (including phenoxy) is 2. The van der Waals surface area contributed by atoms with Gasteiger partial charge in [-0.25, -0.2) is 4.98 Å². The third kappa shape index (κ3) is 4.74. The Labute approximate surface area is 216 Å². The first-order valence-corrected chi connectivity index (χ1v) is 13.7. The summed E-state index contributed by atoms with van der Waals surface area (Å²) in [5.74, 6) is 2.00. The molecule has 0 spiro atoms. The quantitative estimate of drug-likeness (QED) is 0.162. The summed E-state index contributed by atoms with van der Waals surface area (Å²) in [7, 11) is 3.23. The van der Waals surface area contributed by atoms with E-state index in [1.807, 2.05) is 39.5 Å². The highest BCUT2D eigenvalue weighted by Crippen LogP contribution is 2.36. The maximum atomic E-state index is 13.9. The normalized spacial score (nSPS) is 14.3. The number of fused-ring (bicyclic) bond motifs is 1. The molecule has 4 aromatic rings. The van der Waals surface area contributed by atoms with Crippen LogP contribution in [0.1, 0.15) is 43.7 Å². The maximum absolute atomic E-state index is 13.9. The van der Waals surface area contributed by atoms with Crippen LogP contribution in [0.4, 0.5) is 0 Å². The van der Waals surface area contributed by atoms with E-state index < -0.39 is 0 Å². The Hall–Kier alpha value is -2.69. The van der Waals surface area contributed by atoms with Gasteiger partial charge in [-0.15, -0.1) is 0 Å². The Bertz CT molecular complexity index is 1460. The molecule has 3 aromatic heterocycles. The highest BCUT2D eigenvalue weighted by Gasteiger charge is 2.25. The van der Waals surface area contributed by atoms with Gasteiger partial charge >= 0.3 is 0 Å². The number of hydrogen-bond donors (Lipinski definition) is 0. The number of thioether (sulfide) groups is 1. The molecule has 0 unspecified atom stereocenters. The van der Waals surface area contributed by atoms with Crippen LogP contribution in [0.25, 0.3) is 16.0 Å². The van der Waals surface area contributed by atoms with Crippen LogP contribution in [0, 0.1) is 3.95 Å². The van der Waals surface area contributed by atoms with Crippen LogP contribution in [0.15, 0.2) is 52.7 Å². The molecule has 1 aliphatic rings. The van der Waals surface area contributed by atoms with Gasteiger partial charge in [0.25, 0.3) is 5.56 Å². The zero-order chi connectivity index (χ0) is 24.4. The molecule has 0 atom stereocenters. The lowest BCUT2D eigenvalue weighted by molar-refractivity contribution is 0.326. The van der Waals surface area contributed by atoms with Crippen molar-refractivity contribution >= 4 is 45.7 Å². The first-order valence-electron chi connectivity index (χ1n) is 11.5. The zero-order valence-corrected chi connectivity index (χ0v) is 22.0. The fourth-order valence-electron chi connectivity index (χ4n) is 4.52. The molecule has 0 aliphatic heterocycles. The Morgan fingerprint density at radius 2 is 1.89 bits per heavy atom. The monoisotopic (exact) mass is 526 g/mol. The lowest BCUT2D eigenvalue weighted by Crippen LogP contribution is -2.28. The molecule has 10 heteroatoms. The summed E-state index contributed by atoms with van der Waals surface area (Å²) in [4.78, 5) is 23.1. The Morgan fingerprint density at radius 1 is 1.11 bits per heavy atom. The molecular formula is C25H26N4O3S3. The fourth-order valence-corrected chi connectivity index (χ4v) is 6.83. The van der Waals surface area contributed by atoms with E-state index in [1.165, 1.54) is 17.8 Å². The molecule has 5 rings (SSSR count). The Kier molecular flexibility index (Phi) is 7.22. The smallest absolute Gasteiger partial charge is 0.274 e. The van der Waals surface area contributed by atoms with Crippen LogP contribution in [0.3, 0.4) is 0 Å². The average molecular weight is 527 g/mol.